The van der Waals surface area contributed by atoms with Crippen molar-refractivity contribution in [2.45, 2.75) is 204 Å². The Morgan fingerprint density at radius 2 is 0.953 bits per heavy atom. The highest BCUT2D eigenvalue weighted by Gasteiger charge is 2.53. The van der Waals surface area contributed by atoms with Gasteiger partial charge in [-0.05, 0) is 360 Å². The summed E-state index contributed by atoms with van der Waals surface area (Å²) in [5, 5.41) is 17.5. The van der Waals surface area contributed by atoms with Crippen molar-refractivity contribution in [3.05, 3.63) is 263 Å². The molecule has 44 heteroatoms. The van der Waals surface area contributed by atoms with E-state index in [1.54, 1.807) is 68.8 Å². The molecule has 6 aromatic heterocycles. The number of anilines is 5. The second-order valence-corrected chi connectivity index (χ2v) is 46.3. The molecule has 18 rings (SSSR count). The molecule has 1 aliphatic heterocycles. The number of methoxy groups -OCH3 is 2. The van der Waals surface area contributed by atoms with E-state index in [1.807, 2.05) is 103 Å². The molecule has 3 saturated carbocycles. The fourth-order valence-electron chi connectivity index (χ4n) is 16.0. The summed E-state index contributed by atoms with van der Waals surface area (Å²) in [4.78, 5) is 60.9. The molecule has 0 amide bonds. The third-order valence-corrected chi connectivity index (χ3v) is 33.2. The molecule has 802 valence electrons. The Morgan fingerprint density at radius 3 is 1.41 bits per heavy atom. The Balaban J connectivity index is 0.000000196. The minimum atomic E-state index is -3.93. The van der Waals surface area contributed by atoms with Crippen LogP contribution in [0.4, 0.5) is 38.3 Å². The summed E-state index contributed by atoms with van der Waals surface area (Å²) in [7, 11) is 11.6. The van der Waals surface area contributed by atoms with Crippen LogP contribution in [-0.4, -0.2) is 205 Å². The number of nitrogen functional groups attached to an aromatic ring is 2. The molecular weight excluding hydrogens is 2440 g/mol. The van der Waals surface area contributed by atoms with Gasteiger partial charge in [-0.3, -0.25) is 19.1 Å². The van der Waals surface area contributed by atoms with Crippen LogP contribution in [0, 0.1) is 62.4 Å². The number of sulfonamides is 1. The minimum Gasteiger partial charge on any atom is -0.768 e. The number of fused-ring (bicyclic) bond motifs is 4. The summed E-state index contributed by atoms with van der Waals surface area (Å²) in [6, 6.07) is 46.6. The van der Waals surface area contributed by atoms with Crippen LogP contribution in [0.15, 0.2) is 209 Å². The number of pyridine rings is 2. The molecule has 31 nitrogen and oxygen atoms in total. The minimum absolute atomic E-state index is 0.0259. The van der Waals surface area contributed by atoms with Gasteiger partial charge in [0.15, 0.2) is 16.1 Å². The Labute approximate surface area is 945 Å². The highest BCUT2D eigenvalue weighted by Crippen LogP contribution is 2.40. The molecule has 1 saturated heterocycles. The molecule has 1 unspecified atom stereocenters. The van der Waals surface area contributed by atoms with Gasteiger partial charge in [0.25, 0.3) is 10.0 Å². The maximum Gasteiger partial charge on any atom is 0.500 e. The van der Waals surface area contributed by atoms with E-state index in [2.05, 4.69) is 263 Å². The molecule has 7 heterocycles. The predicted octanol–water partition coefficient (Wildman–Crippen LogP) is 23.1. The van der Waals surface area contributed by atoms with Gasteiger partial charge in [0.1, 0.15) is 28.2 Å². The molecule has 0 radical (unpaired) electrons. The Morgan fingerprint density at radius 1 is 0.527 bits per heavy atom. The normalized spacial score (nSPS) is 17.0. The Hall–Kier alpha value is -9.59. The molecule has 8 aromatic carbocycles. The second-order valence-electron chi connectivity index (χ2n) is 37.7. The van der Waals surface area contributed by atoms with Crippen molar-refractivity contribution in [2.24, 2.45) is 17.2 Å². The van der Waals surface area contributed by atoms with E-state index in [-0.39, 0.29) is 60.1 Å². The summed E-state index contributed by atoms with van der Waals surface area (Å²) >= 11 is 28.5. The molecule has 150 heavy (non-hydrogen) atoms. The van der Waals surface area contributed by atoms with Crippen LogP contribution in [0.3, 0.4) is 0 Å². The number of hydrogen-bond donors (Lipinski definition) is 9. The number of carbonyl (C=O) groups is 1. The molecule has 0 spiro atoms. The van der Waals surface area contributed by atoms with Crippen LogP contribution >= 0.6 is 125 Å². The first-order chi connectivity index (χ1) is 70.8. The number of aromatic nitrogens is 10. The van der Waals surface area contributed by atoms with Crippen molar-refractivity contribution in [3.8, 4) is 22.9 Å². The number of benzene rings is 8. The van der Waals surface area contributed by atoms with Gasteiger partial charge in [0.2, 0.25) is 29.6 Å². The zero-order valence-electron chi connectivity index (χ0n) is 86.8. The van der Waals surface area contributed by atoms with Gasteiger partial charge in [0.05, 0.1) is 63.1 Å². The van der Waals surface area contributed by atoms with Gasteiger partial charge in [-0.25, -0.2) is 57.1 Å². The highest BCUT2D eigenvalue weighted by molar-refractivity contribution is 14.1. The molecule has 4 aliphatic rings. The quantitative estimate of drug-likeness (QED) is 0.00825. The van der Waals surface area contributed by atoms with Crippen molar-refractivity contribution in [1.82, 2.24) is 64.5 Å². The largest absolute Gasteiger partial charge is 0.768 e. The van der Waals surface area contributed by atoms with E-state index in [9.17, 15) is 30.8 Å². The lowest BCUT2D eigenvalue weighted by Crippen LogP contribution is -2.41. The van der Waals surface area contributed by atoms with Crippen LogP contribution in [-0.2, 0) is 30.4 Å². The summed E-state index contributed by atoms with van der Waals surface area (Å²) in [5.74, 6) is 1.98. The summed E-state index contributed by atoms with van der Waals surface area (Å²) in [5.41, 5.74) is 37.5. The van der Waals surface area contributed by atoms with Gasteiger partial charge in [-0.15, -0.1) is 0 Å². The van der Waals surface area contributed by atoms with E-state index < -0.39 is 34.0 Å². The highest BCUT2D eigenvalue weighted by atomic mass is 127. The summed E-state index contributed by atoms with van der Waals surface area (Å²) in [6.07, 6.45) is 22.2. The average Bonchev–Trinajstić information content (AvgIpc) is 1.62. The number of guanidine groups is 1. The van der Waals surface area contributed by atoms with E-state index in [0.29, 0.717) is 54.0 Å². The van der Waals surface area contributed by atoms with E-state index in [0.717, 1.165) is 152 Å². The third-order valence-electron chi connectivity index (χ3n) is 25.3. The number of halogens is 10. The summed E-state index contributed by atoms with van der Waals surface area (Å²) in [6.45, 7) is 19.8. The fourth-order valence-corrected chi connectivity index (χ4v) is 20.3. The number of aryl methyl sites for hydroxylation is 6. The number of nitrogens with two attached hydrogens (primary N) is 5. The molecule has 1 atom stereocenters. The van der Waals surface area contributed by atoms with Gasteiger partial charge in [0, 0.05) is 143 Å². The molecule has 0 bridgehead atoms. The van der Waals surface area contributed by atoms with Gasteiger partial charge in [-0.2, -0.15) is 9.97 Å². The lowest BCUT2D eigenvalue weighted by Gasteiger charge is -2.32. The lowest BCUT2D eigenvalue weighted by molar-refractivity contribution is 0.00578. The van der Waals surface area contributed by atoms with Crippen molar-refractivity contribution in [3.63, 3.8) is 0 Å². The first-order valence-electron chi connectivity index (χ1n) is 47.8. The monoisotopic (exact) mass is 2560 g/mol. The maximum atomic E-state index is 12.9. The van der Waals surface area contributed by atoms with Crippen molar-refractivity contribution in [2.75, 3.05) is 83.3 Å². The molecule has 4 fully saturated rings. The number of aldehydes is 1. The number of nitrogens with zero attached hydrogens (tertiary/aromatic N) is 13. The molecular formula is C106H128BBr5Cl2F2IN22O9S2-. The second kappa shape index (κ2) is 58.1. The van der Waals surface area contributed by atoms with Crippen molar-refractivity contribution < 1.29 is 49.5 Å². The third kappa shape index (κ3) is 37.1. The fraction of sp³-hybridized carbons (Fsp3) is 0.358. The lowest BCUT2D eigenvalue weighted by atomic mass is 9.79. The van der Waals surface area contributed by atoms with Crippen LogP contribution in [0.25, 0.3) is 54.7 Å². The zero-order valence-corrected chi connectivity index (χ0v) is 100. The number of nitrogens with one attached hydrogen (secondary N) is 4. The average molecular weight is 2560 g/mol. The number of carbonyl (C=O) groups excluding carboxylic acids is 1. The molecule has 14 aromatic rings. The zero-order chi connectivity index (χ0) is 111. The van der Waals surface area contributed by atoms with Gasteiger partial charge < -0.3 is 77.3 Å². The number of ether oxygens (including phenoxy) is 2. The maximum absolute atomic E-state index is 12.9. The smallest absolute Gasteiger partial charge is 0.500 e. The van der Waals surface area contributed by atoms with Crippen molar-refractivity contribution in [1.29, 1.82) is 5.41 Å². The molecule has 3 aliphatic carbocycles. The van der Waals surface area contributed by atoms with E-state index in [4.69, 9.17) is 69.6 Å². The van der Waals surface area contributed by atoms with Gasteiger partial charge in [-0.1, -0.05) is 133 Å². The Bertz CT molecular complexity index is 7010. The van der Waals surface area contributed by atoms with Gasteiger partial charge >= 0.3 is 7.12 Å². The van der Waals surface area contributed by atoms with E-state index >= 15 is 0 Å². The Kier molecular flexibility index (Phi) is 48.0. The topological polar surface area (TPSA) is 457 Å². The molecule has 14 N–H and O–H groups in total. The predicted molar refractivity (Wildman–Crippen MR) is 629 cm³/mol. The first-order valence-corrected chi connectivity index (χ1v) is 56.1. The van der Waals surface area contributed by atoms with Crippen molar-refractivity contribution >= 4 is 244 Å². The SMILES string of the molecule is CN(C)C1CCC(N)CC1.COc1nc(N)ccc1B1OC(C)(C)C(C)(C)O1.COc1nc(NS(=O)(=O)c2ccccc2Cl)ccc1-c1cc2cnc(NC3CCC(N(C)C)CC3)nc2cc1C.Cc1cc(F)c(C=O)cc1Br.Cc1cc(F)ccc1Br.Cc1cc2nc(I)ncc2cc1Br.Cc1cc2nc(N)ncc2cc1Br.Cc1cc2nc(NC3CCC(N(C)C)CC3)ncc2cc1Br.N=C(N)N.O=S([O-])c1ccccc1Cl. The summed E-state index contributed by atoms with van der Waals surface area (Å²) < 4.78 is 102. The van der Waals surface area contributed by atoms with Crippen LogP contribution in [0.2, 0.25) is 10.0 Å². The first kappa shape index (κ1) is 124. The van der Waals surface area contributed by atoms with Crippen LogP contribution in [0.1, 0.15) is 148 Å². The van der Waals surface area contributed by atoms with Crippen LogP contribution in [0.5, 0.6) is 11.8 Å². The number of rotatable bonds is 16. The number of hydrogen-bond acceptors (Lipinski definition) is 28. The van der Waals surface area contributed by atoms with E-state index in [1.165, 1.54) is 118 Å². The standard InChI is InChI=1S/C29H33ClN6O3S.C17H23BrN4.C12H19BN2O3.C9H6BrIN2.C9H8BrN3.C8H6BrFO.C8H18N2.C7H6BrF.C6H5ClO2S.CH5N3/c1-18-15-25-19(17-31-29(33-25)32-20-9-11-21(12-10-20)36(2)3)16-23(18)22-13-14-27(34-28(22)39-4)35-40(37,38)26-8-6-5-7-24(26)30;1-11-8-16-12(9-15(11)18)10-19-17(21-16)20-13-4-6-14(7-5-13)22(2)3;1-11(2)12(3,4)18-13(17-11)8-6-7-9(14)15-10(8)16-5;2*1-5-2-8-6(3-7(5)10)4-12-9(11)13-8;1-5-2-8(10)6(4-11)3-7(5)9;1-10(2)8-5-3-7(9)4-6-8;1-5-4-6(9)2-3-7(5)8;7-5-3-1-2-4-6(5)10(8)9;2-1(3)4/h5-8,13-17,20-21H,9-12H2,1-4H3,(H,34,35)(H,31,32,33);8-10,13-14H,4-7H2,1-3H3,(H,19,20,21);6-7H,1-5H3,(H2,14,15);2-4H,1H3;2-4H,1H3,(H2,11,12,13);2-4H,1H3;7-8H,3-6,9H2,1-2H3;2-4H,1H3;1-4H,(H,8,9);(H5,2,3,4)/p-1. The van der Waals surface area contributed by atoms with Crippen LogP contribution < -0.4 is 59.0 Å².